The average Bonchev–Trinajstić information content (AvgIpc) is 2.17. The lowest BCUT2D eigenvalue weighted by Gasteiger charge is -2.00. The zero-order valence-electron chi connectivity index (χ0n) is 8.02. The van der Waals surface area contributed by atoms with Gasteiger partial charge < -0.3 is 5.73 Å². The first-order valence-corrected chi connectivity index (χ1v) is 4.95. The van der Waals surface area contributed by atoms with Crippen molar-refractivity contribution in [3.05, 3.63) is 40.0 Å². The SMILES string of the molecule is Nc1cccc(C=CCCCl)c1[N+](=O)[O-]. The third kappa shape index (κ3) is 2.95. The molecule has 0 aliphatic carbocycles. The summed E-state index contributed by atoms with van der Waals surface area (Å²) in [7, 11) is 0. The number of benzene rings is 1. The Hall–Kier alpha value is -1.55. The fourth-order valence-corrected chi connectivity index (χ4v) is 1.32. The van der Waals surface area contributed by atoms with Gasteiger partial charge in [0.05, 0.1) is 10.5 Å². The van der Waals surface area contributed by atoms with Crippen molar-refractivity contribution < 1.29 is 4.92 Å². The molecule has 4 nitrogen and oxygen atoms in total. The Morgan fingerprint density at radius 2 is 2.27 bits per heavy atom. The third-order valence-electron chi connectivity index (χ3n) is 1.85. The largest absolute Gasteiger partial charge is 0.393 e. The lowest BCUT2D eigenvalue weighted by Crippen LogP contribution is -1.97. The van der Waals surface area contributed by atoms with E-state index in [0.29, 0.717) is 17.9 Å². The van der Waals surface area contributed by atoms with E-state index in [4.69, 9.17) is 17.3 Å². The second kappa shape index (κ2) is 5.36. The molecule has 0 spiro atoms. The topological polar surface area (TPSA) is 69.2 Å². The van der Waals surface area contributed by atoms with Crippen LogP contribution in [0, 0.1) is 10.1 Å². The number of para-hydroxylation sites is 1. The van der Waals surface area contributed by atoms with Crippen LogP contribution in [-0.2, 0) is 0 Å². The van der Waals surface area contributed by atoms with Crippen LogP contribution in [0.4, 0.5) is 11.4 Å². The minimum atomic E-state index is -0.476. The van der Waals surface area contributed by atoms with Gasteiger partial charge >= 0.3 is 0 Å². The van der Waals surface area contributed by atoms with Crippen molar-refractivity contribution in [1.82, 2.24) is 0 Å². The molecule has 0 unspecified atom stereocenters. The smallest absolute Gasteiger partial charge is 0.299 e. The molecule has 2 N–H and O–H groups in total. The highest BCUT2D eigenvalue weighted by molar-refractivity contribution is 6.17. The molecule has 5 heteroatoms. The quantitative estimate of drug-likeness (QED) is 0.371. The van der Waals surface area contributed by atoms with Crippen LogP contribution in [0.2, 0.25) is 0 Å². The molecule has 0 amide bonds. The van der Waals surface area contributed by atoms with E-state index in [1.54, 1.807) is 24.3 Å². The number of alkyl halides is 1. The Labute approximate surface area is 92.5 Å². The summed E-state index contributed by atoms with van der Waals surface area (Å²) >= 11 is 5.49. The maximum absolute atomic E-state index is 10.7. The molecular weight excluding hydrogens is 216 g/mol. The summed E-state index contributed by atoms with van der Waals surface area (Å²) in [6.45, 7) is 0. The molecule has 80 valence electrons. The lowest BCUT2D eigenvalue weighted by molar-refractivity contribution is -0.384. The zero-order chi connectivity index (χ0) is 11.3. The van der Waals surface area contributed by atoms with Gasteiger partial charge in [-0.3, -0.25) is 10.1 Å². The Morgan fingerprint density at radius 1 is 1.53 bits per heavy atom. The van der Waals surface area contributed by atoms with Crippen molar-refractivity contribution in [2.24, 2.45) is 0 Å². The van der Waals surface area contributed by atoms with Crippen molar-refractivity contribution in [2.45, 2.75) is 6.42 Å². The fraction of sp³-hybridized carbons (Fsp3) is 0.200. The van der Waals surface area contributed by atoms with Crippen LogP contribution in [0.5, 0.6) is 0 Å². The maximum Gasteiger partial charge on any atom is 0.299 e. The van der Waals surface area contributed by atoms with E-state index in [1.807, 2.05) is 0 Å². The first-order chi connectivity index (χ1) is 7.16. The first-order valence-electron chi connectivity index (χ1n) is 4.42. The Balaban J connectivity index is 3.06. The van der Waals surface area contributed by atoms with E-state index in [2.05, 4.69) is 0 Å². The van der Waals surface area contributed by atoms with Crippen molar-refractivity contribution in [1.29, 1.82) is 0 Å². The summed E-state index contributed by atoms with van der Waals surface area (Å²) in [6.07, 6.45) is 4.12. The van der Waals surface area contributed by atoms with Crippen LogP contribution in [-0.4, -0.2) is 10.8 Å². The van der Waals surface area contributed by atoms with Crippen LogP contribution < -0.4 is 5.73 Å². The van der Waals surface area contributed by atoms with Crippen molar-refractivity contribution in [3.63, 3.8) is 0 Å². The van der Waals surface area contributed by atoms with E-state index in [1.165, 1.54) is 6.07 Å². The van der Waals surface area contributed by atoms with Gasteiger partial charge in [0.15, 0.2) is 0 Å². The molecule has 0 aliphatic heterocycles. The van der Waals surface area contributed by atoms with Crippen LogP contribution in [0.1, 0.15) is 12.0 Å². The number of rotatable bonds is 4. The number of nitro groups is 1. The molecule has 0 saturated heterocycles. The normalized spacial score (nSPS) is 10.7. The third-order valence-corrected chi connectivity index (χ3v) is 2.07. The molecule has 0 saturated carbocycles. The Kier molecular flexibility index (Phi) is 4.12. The predicted octanol–water partition coefficient (Wildman–Crippen LogP) is 2.82. The number of allylic oxidation sites excluding steroid dienone is 1. The van der Waals surface area contributed by atoms with Crippen LogP contribution >= 0.6 is 11.6 Å². The highest BCUT2D eigenvalue weighted by atomic mass is 35.5. The van der Waals surface area contributed by atoms with Crippen LogP contribution in [0.25, 0.3) is 6.08 Å². The first kappa shape index (κ1) is 11.5. The van der Waals surface area contributed by atoms with E-state index in [9.17, 15) is 10.1 Å². The predicted molar refractivity (Wildman–Crippen MR) is 61.9 cm³/mol. The summed E-state index contributed by atoms with van der Waals surface area (Å²) in [4.78, 5) is 10.3. The molecular formula is C10H11ClN2O2. The van der Waals surface area contributed by atoms with Crippen LogP contribution in [0.15, 0.2) is 24.3 Å². The van der Waals surface area contributed by atoms with Gasteiger partial charge in [-0.2, -0.15) is 0 Å². The monoisotopic (exact) mass is 226 g/mol. The fourth-order valence-electron chi connectivity index (χ4n) is 1.20. The minimum Gasteiger partial charge on any atom is -0.393 e. The molecule has 1 aromatic carbocycles. The second-order valence-electron chi connectivity index (χ2n) is 2.92. The maximum atomic E-state index is 10.7. The van der Waals surface area contributed by atoms with Crippen molar-refractivity contribution in [2.75, 3.05) is 11.6 Å². The highest BCUT2D eigenvalue weighted by Gasteiger charge is 2.14. The van der Waals surface area contributed by atoms with Gasteiger partial charge in [-0.1, -0.05) is 18.2 Å². The van der Waals surface area contributed by atoms with E-state index < -0.39 is 4.92 Å². The molecule has 0 fully saturated rings. The molecule has 0 aliphatic rings. The number of hydrogen-bond donors (Lipinski definition) is 1. The van der Waals surface area contributed by atoms with Crippen LogP contribution in [0.3, 0.4) is 0 Å². The second-order valence-corrected chi connectivity index (χ2v) is 3.30. The summed E-state index contributed by atoms with van der Waals surface area (Å²) in [5, 5.41) is 10.7. The van der Waals surface area contributed by atoms with Gasteiger partial charge in [-0.15, -0.1) is 11.6 Å². The van der Waals surface area contributed by atoms with Crippen molar-refractivity contribution in [3.8, 4) is 0 Å². The molecule has 0 bridgehead atoms. The van der Waals surface area contributed by atoms with Gasteiger partial charge in [0.2, 0.25) is 0 Å². The lowest BCUT2D eigenvalue weighted by atomic mass is 10.1. The van der Waals surface area contributed by atoms with Crippen molar-refractivity contribution >= 4 is 29.1 Å². The summed E-state index contributed by atoms with van der Waals surface area (Å²) in [6, 6.07) is 4.85. The number of hydrogen-bond acceptors (Lipinski definition) is 3. The molecule has 15 heavy (non-hydrogen) atoms. The average molecular weight is 227 g/mol. The van der Waals surface area contributed by atoms with Gasteiger partial charge in [-0.25, -0.2) is 0 Å². The van der Waals surface area contributed by atoms with E-state index in [0.717, 1.165) is 0 Å². The number of nitrogens with zero attached hydrogens (tertiary/aromatic N) is 1. The number of nitrogen functional groups attached to an aromatic ring is 1. The highest BCUT2D eigenvalue weighted by Crippen LogP contribution is 2.26. The number of halogens is 1. The molecule has 0 atom stereocenters. The number of nitro benzene ring substituents is 1. The van der Waals surface area contributed by atoms with Gasteiger partial charge in [-0.05, 0) is 18.6 Å². The Morgan fingerprint density at radius 3 is 2.87 bits per heavy atom. The van der Waals surface area contributed by atoms with Gasteiger partial charge in [0.1, 0.15) is 5.69 Å². The van der Waals surface area contributed by atoms with Gasteiger partial charge in [0, 0.05) is 5.88 Å². The zero-order valence-corrected chi connectivity index (χ0v) is 8.78. The molecule has 0 heterocycles. The molecule has 0 aromatic heterocycles. The minimum absolute atomic E-state index is 0.0525. The van der Waals surface area contributed by atoms with Gasteiger partial charge in [0.25, 0.3) is 5.69 Å². The van der Waals surface area contributed by atoms with E-state index >= 15 is 0 Å². The molecule has 1 rings (SSSR count). The molecule has 0 radical (unpaired) electrons. The summed E-state index contributed by atoms with van der Waals surface area (Å²) in [5.41, 5.74) is 6.15. The number of anilines is 1. The summed E-state index contributed by atoms with van der Waals surface area (Å²) < 4.78 is 0. The van der Waals surface area contributed by atoms with E-state index in [-0.39, 0.29) is 11.4 Å². The number of nitrogens with two attached hydrogens (primary N) is 1. The molecule has 1 aromatic rings. The summed E-state index contributed by atoms with van der Waals surface area (Å²) in [5.74, 6) is 0.493. The standard InChI is InChI=1S/C10H11ClN2O2/c11-7-2-1-4-8-5-3-6-9(12)10(8)13(14)15/h1,3-6H,2,7,12H2. The Bertz CT molecular complexity index is 391.